The molecule has 1 N–H and O–H groups in total. The predicted octanol–water partition coefficient (Wildman–Crippen LogP) is 1.94. The van der Waals surface area contributed by atoms with E-state index in [1.54, 1.807) is 6.92 Å². The molecule has 1 aromatic rings. The van der Waals surface area contributed by atoms with E-state index in [2.05, 4.69) is 29.6 Å². The first-order valence-corrected chi connectivity index (χ1v) is 5.56. The quantitative estimate of drug-likeness (QED) is 0.813. The van der Waals surface area contributed by atoms with Crippen LogP contribution >= 0.6 is 0 Å². The normalized spacial score (nSPS) is 25.4. The van der Waals surface area contributed by atoms with Crippen molar-refractivity contribution in [1.29, 1.82) is 0 Å². The third-order valence-electron chi connectivity index (χ3n) is 3.06. The lowest BCUT2D eigenvalue weighted by molar-refractivity contribution is -0.118. The van der Waals surface area contributed by atoms with E-state index in [-0.39, 0.29) is 11.8 Å². The number of Topliss-reactive ketones (excluding diaryl/α,β-unsaturated/α-hetero) is 1. The molecule has 0 spiro atoms. The van der Waals surface area contributed by atoms with Gasteiger partial charge in [-0.1, -0.05) is 30.3 Å². The summed E-state index contributed by atoms with van der Waals surface area (Å²) in [5.74, 6) is 0.269. The van der Waals surface area contributed by atoms with Gasteiger partial charge in [0.05, 0.1) is 6.04 Å². The molecule has 1 heterocycles. The molecular formula is C13H17NO. The Morgan fingerprint density at radius 1 is 1.33 bits per heavy atom. The molecule has 1 aliphatic rings. The lowest BCUT2D eigenvalue weighted by Crippen LogP contribution is -2.35. The van der Waals surface area contributed by atoms with E-state index in [0.29, 0.717) is 6.04 Å². The van der Waals surface area contributed by atoms with Crippen molar-refractivity contribution in [3.8, 4) is 0 Å². The fourth-order valence-electron chi connectivity index (χ4n) is 2.20. The zero-order valence-electron chi connectivity index (χ0n) is 9.07. The van der Waals surface area contributed by atoms with Gasteiger partial charge >= 0.3 is 0 Å². The van der Waals surface area contributed by atoms with Crippen molar-refractivity contribution < 1.29 is 4.79 Å². The predicted molar refractivity (Wildman–Crippen MR) is 60.8 cm³/mol. The topological polar surface area (TPSA) is 29.1 Å². The van der Waals surface area contributed by atoms with Crippen LogP contribution in [0.3, 0.4) is 0 Å². The Kier molecular flexibility index (Phi) is 3.17. The van der Waals surface area contributed by atoms with Crippen molar-refractivity contribution in [1.82, 2.24) is 5.32 Å². The number of carbonyl (C=O) groups is 1. The highest BCUT2D eigenvalue weighted by molar-refractivity contribution is 5.81. The van der Waals surface area contributed by atoms with Crippen molar-refractivity contribution in [3.05, 3.63) is 35.9 Å². The van der Waals surface area contributed by atoms with Gasteiger partial charge in [0.2, 0.25) is 0 Å². The van der Waals surface area contributed by atoms with Gasteiger partial charge in [-0.15, -0.1) is 0 Å². The summed E-state index contributed by atoms with van der Waals surface area (Å²) in [5, 5.41) is 3.39. The fraction of sp³-hybridized carbons (Fsp3) is 0.462. The maximum atomic E-state index is 11.2. The number of benzene rings is 1. The molecule has 80 valence electrons. The monoisotopic (exact) mass is 203 g/mol. The molecule has 1 aromatic carbocycles. The molecule has 1 saturated heterocycles. The smallest absolute Gasteiger partial charge is 0.146 e. The molecule has 1 aliphatic heterocycles. The summed E-state index contributed by atoms with van der Waals surface area (Å²) in [6.07, 6.45) is 3.14. The zero-order chi connectivity index (χ0) is 10.7. The summed E-state index contributed by atoms with van der Waals surface area (Å²) in [6.45, 7) is 1.67. The molecule has 0 bridgehead atoms. The molecule has 0 radical (unpaired) electrons. The van der Waals surface area contributed by atoms with Crippen LogP contribution in [0.15, 0.2) is 30.3 Å². The fourth-order valence-corrected chi connectivity index (χ4v) is 2.20. The number of hydrogen-bond acceptors (Lipinski definition) is 2. The molecule has 2 atom stereocenters. The Morgan fingerprint density at radius 2 is 2.07 bits per heavy atom. The van der Waals surface area contributed by atoms with Gasteiger partial charge in [-0.2, -0.15) is 0 Å². The first-order valence-electron chi connectivity index (χ1n) is 5.56. The lowest BCUT2D eigenvalue weighted by Gasteiger charge is -2.12. The van der Waals surface area contributed by atoms with E-state index in [4.69, 9.17) is 0 Å². The van der Waals surface area contributed by atoms with Crippen molar-refractivity contribution in [3.63, 3.8) is 0 Å². The largest absolute Gasteiger partial charge is 0.304 e. The van der Waals surface area contributed by atoms with Crippen LogP contribution in [0.4, 0.5) is 0 Å². The average molecular weight is 203 g/mol. The second kappa shape index (κ2) is 4.58. The minimum absolute atomic E-state index is 0.0960. The van der Waals surface area contributed by atoms with Crippen molar-refractivity contribution in [2.75, 3.05) is 0 Å². The highest BCUT2D eigenvalue weighted by atomic mass is 16.1. The van der Waals surface area contributed by atoms with E-state index >= 15 is 0 Å². The van der Waals surface area contributed by atoms with Crippen molar-refractivity contribution >= 4 is 5.78 Å². The summed E-state index contributed by atoms with van der Waals surface area (Å²) in [4.78, 5) is 11.2. The first kappa shape index (κ1) is 10.4. The minimum Gasteiger partial charge on any atom is -0.304 e. The van der Waals surface area contributed by atoms with Gasteiger partial charge in [0.1, 0.15) is 5.78 Å². The van der Waals surface area contributed by atoms with Gasteiger partial charge in [0.25, 0.3) is 0 Å². The molecule has 1 fully saturated rings. The van der Waals surface area contributed by atoms with Crippen LogP contribution in [0, 0.1) is 0 Å². The van der Waals surface area contributed by atoms with E-state index in [9.17, 15) is 4.79 Å². The SMILES string of the molecule is CC(=O)C1CCC(Cc2ccccc2)N1. The van der Waals surface area contributed by atoms with E-state index in [1.807, 2.05) is 6.07 Å². The van der Waals surface area contributed by atoms with E-state index in [1.165, 1.54) is 5.56 Å². The van der Waals surface area contributed by atoms with Crippen LogP contribution in [-0.2, 0) is 11.2 Å². The van der Waals surface area contributed by atoms with Crippen LogP contribution in [0.1, 0.15) is 25.3 Å². The van der Waals surface area contributed by atoms with Crippen LogP contribution < -0.4 is 5.32 Å². The second-order valence-corrected chi connectivity index (χ2v) is 4.29. The molecule has 2 nitrogen and oxygen atoms in total. The van der Waals surface area contributed by atoms with Crippen molar-refractivity contribution in [2.45, 2.75) is 38.3 Å². The third-order valence-corrected chi connectivity index (χ3v) is 3.06. The molecule has 0 aliphatic carbocycles. The highest BCUT2D eigenvalue weighted by Crippen LogP contribution is 2.16. The van der Waals surface area contributed by atoms with Gasteiger partial charge in [-0.25, -0.2) is 0 Å². The zero-order valence-corrected chi connectivity index (χ0v) is 9.07. The Labute approximate surface area is 90.7 Å². The van der Waals surface area contributed by atoms with Gasteiger partial charge < -0.3 is 5.32 Å². The van der Waals surface area contributed by atoms with Gasteiger partial charge in [0.15, 0.2) is 0 Å². The maximum absolute atomic E-state index is 11.2. The molecule has 0 saturated carbocycles. The van der Waals surface area contributed by atoms with Crippen LogP contribution in [-0.4, -0.2) is 17.9 Å². The van der Waals surface area contributed by atoms with Crippen LogP contribution in [0.2, 0.25) is 0 Å². The van der Waals surface area contributed by atoms with Gasteiger partial charge in [0, 0.05) is 6.04 Å². The Hall–Kier alpha value is -1.15. The summed E-state index contributed by atoms with van der Waals surface area (Å²) in [5.41, 5.74) is 1.35. The van der Waals surface area contributed by atoms with E-state index in [0.717, 1.165) is 19.3 Å². The number of nitrogens with one attached hydrogen (secondary N) is 1. The first-order chi connectivity index (χ1) is 7.25. The number of carbonyl (C=O) groups excluding carboxylic acids is 1. The third kappa shape index (κ3) is 2.66. The summed E-state index contributed by atoms with van der Waals surface area (Å²) < 4.78 is 0. The average Bonchev–Trinajstić information content (AvgIpc) is 2.68. The summed E-state index contributed by atoms with van der Waals surface area (Å²) >= 11 is 0. The maximum Gasteiger partial charge on any atom is 0.146 e. The van der Waals surface area contributed by atoms with Crippen molar-refractivity contribution in [2.24, 2.45) is 0 Å². The molecule has 2 unspecified atom stereocenters. The molecule has 15 heavy (non-hydrogen) atoms. The Bertz CT molecular complexity index is 334. The molecular weight excluding hydrogens is 186 g/mol. The Balaban J connectivity index is 1.90. The van der Waals surface area contributed by atoms with Crippen LogP contribution in [0.25, 0.3) is 0 Å². The standard InChI is InChI=1S/C13H17NO/c1-10(15)13-8-7-12(14-13)9-11-5-3-2-4-6-11/h2-6,12-14H,7-9H2,1H3. The lowest BCUT2D eigenvalue weighted by atomic mass is 10.0. The minimum atomic E-state index is 0.0960. The molecule has 2 heteroatoms. The number of rotatable bonds is 3. The van der Waals surface area contributed by atoms with Gasteiger partial charge in [-0.05, 0) is 31.7 Å². The van der Waals surface area contributed by atoms with Gasteiger partial charge in [-0.3, -0.25) is 4.79 Å². The second-order valence-electron chi connectivity index (χ2n) is 4.29. The van der Waals surface area contributed by atoms with Crippen LogP contribution in [0.5, 0.6) is 0 Å². The summed E-state index contributed by atoms with van der Waals surface area (Å²) in [6, 6.07) is 11.0. The molecule has 0 amide bonds. The summed E-state index contributed by atoms with van der Waals surface area (Å²) in [7, 11) is 0. The van der Waals surface area contributed by atoms with E-state index < -0.39 is 0 Å². The number of ketones is 1. The molecule has 2 rings (SSSR count). The number of hydrogen-bond donors (Lipinski definition) is 1. The Morgan fingerprint density at radius 3 is 2.67 bits per heavy atom. The molecule has 0 aromatic heterocycles. The highest BCUT2D eigenvalue weighted by Gasteiger charge is 2.26.